The molecule has 0 bridgehead atoms. The van der Waals surface area contributed by atoms with E-state index in [4.69, 9.17) is 4.74 Å². The molecule has 2 aliphatic rings. The van der Waals surface area contributed by atoms with Gasteiger partial charge in [-0.25, -0.2) is 0 Å². The highest BCUT2D eigenvalue weighted by Gasteiger charge is 2.16. The molecule has 142 valence electrons. The molecule has 2 N–H and O–H groups in total. The maximum Gasteiger partial charge on any atom is 0.257 e. The second-order valence-electron chi connectivity index (χ2n) is 7.17. The van der Waals surface area contributed by atoms with Crippen molar-refractivity contribution in [3.05, 3.63) is 48.3 Å². The third-order valence-electron chi connectivity index (χ3n) is 5.15. The van der Waals surface area contributed by atoms with Gasteiger partial charge in [-0.1, -0.05) is 0 Å². The Balaban J connectivity index is 1.35. The number of hydrogen-bond donors (Lipinski definition) is 2. The second-order valence-corrected chi connectivity index (χ2v) is 7.17. The van der Waals surface area contributed by atoms with Gasteiger partial charge in [-0.15, -0.1) is 0 Å². The average molecular weight is 366 g/mol. The first-order valence-corrected chi connectivity index (χ1v) is 9.75. The molecule has 4 rings (SSSR count). The number of carbonyl (C=O) groups is 1. The SMILES string of the molecule is O=C(Nc1ccc(N2CCCC2)cc1)c1cncc(NCC2CCCO2)c1. The highest BCUT2D eigenvalue weighted by molar-refractivity contribution is 6.04. The van der Waals surface area contributed by atoms with Crippen molar-refractivity contribution in [3.8, 4) is 0 Å². The monoisotopic (exact) mass is 366 g/mol. The van der Waals surface area contributed by atoms with Crippen molar-refractivity contribution in [2.75, 3.05) is 41.8 Å². The number of hydrogen-bond acceptors (Lipinski definition) is 5. The molecule has 1 aromatic carbocycles. The van der Waals surface area contributed by atoms with E-state index < -0.39 is 0 Å². The molecule has 1 aromatic heterocycles. The number of benzene rings is 1. The summed E-state index contributed by atoms with van der Waals surface area (Å²) in [6.07, 6.45) is 8.27. The van der Waals surface area contributed by atoms with Gasteiger partial charge in [-0.05, 0) is 56.0 Å². The molecule has 2 aromatic rings. The van der Waals surface area contributed by atoms with Crippen molar-refractivity contribution >= 4 is 23.0 Å². The molecule has 0 radical (unpaired) electrons. The van der Waals surface area contributed by atoms with Crippen molar-refractivity contribution in [3.63, 3.8) is 0 Å². The molecule has 0 aliphatic carbocycles. The van der Waals surface area contributed by atoms with Gasteiger partial charge in [0, 0.05) is 50.0 Å². The van der Waals surface area contributed by atoms with Crippen LogP contribution in [0.5, 0.6) is 0 Å². The van der Waals surface area contributed by atoms with Gasteiger partial charge in [-0.3, -0.25) is 9.78 Å². The molecule has 0 spiro atoms. The molecule has 1 amide bonds. The summed E-state index contributed by atoms with van der Waals surface area (Å²) >= 11 is 0. The number of aromatic nitrogens is 1. The Hall–Kier alpha value is -2.60. The summed E-state index contributed by atoms with van der Waals surface area (Å²) in [5.74, 6) is -0.155. The van der Waals surface area contributed by atoms with Crippen LogP contribution in [0.1, 0.15) is 36.0 Å². The lowest BCUT2D eigenvalue weighted by Crippen LogP contribution is -2.19. The van der Waals surface area contributed by atoms with Gasteiger partial charge in [0.05, 0.1) is 17.4 Å². The first-order chi connectivity index (χ1) is 13.3. The summed E-state index contributed by atoms with van der Waals surface area (Å²) in [5.41, 5.74) is 3.38. The average Bonchev–Trinajstić information content (AvgIpc) is 3.41. The quantitative estimate of drug-likeness (QED) is 0.819. The van der Waals surface area contributed by atoms with Crippen LogP contribution in [-0.2, 0) is 4.74 Å². The van der Waals surface area contributed by atoms with E-state index >= 15 is 0 Å². The second kappa shape index (κ2) is 8.39. The van der Waals surface area contributed by atoms with Crippen LogP contribution in [0.2, 0.25) is 0 Å². The summed E-state index contributed by atoms with van der Waals surface area (Å²) < 4.78 is 5.61. The van der Waals surface area contributed by atoms with Gasteiger partial charge in [0.15, 0.2) is 0 Å². The molecule has 0 saturated carbocycles. The van der Waals surface area contributed by atoms with Crippen LogP contribution in [0.3, 0.4) is 0 Å². The Morgan fingerprint density at radius 2 is 1.93 bits per heavy atom. The molecule has 27 heavy (non-hydrogen) atoms. The zero-order chi connectivity index (χ0) is 18.5. The molecule has 2 saturated heterocycles. The van der Waals surface area contributed by atoms with Gasteiger partial charge in [0.2, 0.25) is 0 Å². The molecule has 2 fully saturated rings. The van der Waals surface area contributed by atoms with E-state index in [0.717, 1.165) is 50.5 Å². The Kier molecular flexibility index (Phi) is 5.53. The highest BCUT2D eigenvalue weighted by atomic mass is 16.5. The minimum absolute atomic E-state index is 0.155. The molecule has 6 nitrogen and oxygen atoms in total. The lowest BCUT2D eigenvalue weighted by atomic mass is 10.2. The Labute approximate surface area is 159 Å². The minimum Gasteiger partial charge on any atom is -0.381 e. The maximum absolute atomic E-state index is 12.6. The zero-order valence-electron chi connectivity index (χ0n) is 15.5. The van der Waals surface area contributed by atoms with Crippen LogP contribution in [0.15, 0.2) is 42.7 Å². The van der Waals surface area contributed by atoms with Crippen LogP contribution in [0, 0.1) is 0 Å². The number of rotatable bonds is 6. The fourth-order valence-corrected chi connectivity index (χ4v) is 3.63. The Morgan fingerprint density at radius 3 is 2.67 bits per heavy atom. The molecule has 1 atom stereocenters. The fraction of sp³-hybridized carbons (Fsp3) is 0.429. The third-order valence-corrected chi connectivity index (χ3v) is 5.15. The van der Waals surface area contributed by atoms with E-state index in [9.17, 15) is 4.79 Å². The lowest BCUT2D eigenvalue weighted by molar-refractivity contribution is 0.102. The standard InChI is InChI=1S/C21H26N4O2/c26-21(24-17-5-7-19(8-6-17)25-9-1-2-10-25)16-12-18(14-22-13-16)23-15-20-4-3-11-27-20/h5-8,12-14,20,23H,1-4,9-11,15H2,(H,24,26). The van der Waals surface area contributed by atoms with Gasteiger partial charge in [-0.2, -0.15) is 0 Å². The van der Waals surface area contributed by atoms with Gasteiger partial charge in [0.1, 0.15) is 0 Å². The highest BCUT2D eigenvalue weighted by Crippen LogP contribution is 2.22. The summed E-state index contributed by atoms with van der Waals surface area (Å²) in [4.78, 5) is 19.1. The van der Waals surface area contributed by atoms with E-state index in [1.54, 1.807) is 12.4 Å². The van der Waals surface area contributed by atoms with Crippen molar-refractivity contribution in [1.29, 1.82) is 0 Å². The Morgan fingerprint density at radius 1 is 1.11 bits per heavy atom. The fourth-order valence-electron chi connectivity index (χ4n) is 3.63. The summed E-state index contributed by atoms with van der Waals surface area (Å²) in [6.45, 7) is 3.81. The summed E-state index contributed by atoms with van der Waals surface area (Å²) in [6, 6.07) is 9.88. The third kappa shape index (κ3) is 4.57. The van der Waals surface area contributed by atoms with Crippen LogP contribution in [0.4, 0.5) is 17.1 Å². The van der Waals surface area contributed by atoms with Crippen LogP contribution in [0.25, 0.3) is 0 Å². The van der Waals surface area contributed by atoms with Crippen LogP contribution in [-0.4, -0.2) is 43.2 Å². The van der Waals surface area contributed by atoms with Crippen LogP contribution < -0.4 is 15.5 Å². The normalized spacial score (nSPS) is 19.3. The van der Waals surface area contributed by atoms with Crippen molar-refractivity contribution in [1.82, 2.24) is 4.98 Å². The first kappa shape index (κ1) is 17.8. The zero-order valence-corrected chi connectivity index (χ0v) is 15.5. The molecule has 2 aliphatic heterocycles. The molecule has 1 unspecified atom stereocenters. The Bertz CT molecular complexity index is 766. The summed E-state index contributed by atoms with van der Waals surface area (Å²) in [7, 11) is 0. The smallest absolute Gasteiger partial charge is 0.257 e. The van der Waals surface area contributed by atoms with E-state index in [2.05, 4.69) is 32.7 Å². The number of nitrogens with zero attached hydrogens (tertiary/aromatic N) is 2. The number of nitrogens with one attached hydrogen (secondary N) is 2. The van der Waals surface area contributed by atoms with Crippen molar-refractivity contribution in [2.24, 2.45) is 0 Å². The van der Waals surface area contributed by atoms with E-state index in [-0.39, 0.29) is 12.0 Å². The number of anilines is 3. The molecular weight excluding hydrogens is 340 g/mol. The lowest BCUT2D eigenvalue weighted by Gasteiger charge is -2.17. The van der Waals surface area contributed by atoms with Crippen molar-refractivity contribution in [2.45, 2.75) is 31.8 Å². The molecule has 6 heteroatoms. The molecule has 3 heterocycles. The van der Waals surface area contributed by atoms with Gasteiger partial charge in [0.25, 0.3) is 5.91 Å². The van der Waals surface area contributed by atoms with E-state index in [1.165, 1.54) is 18.5 Å². The minimum atomic E-state index is -0.155. The van der Waals surface area contributed by atoms with Gasteiger partial charge >= 0.3 is 0 Å². The predicted molar refractivity (Wildman–Crippen MR) is 108 cm³/mol. The van der Waals surface area contributed by atoms with Crippen molar-refractivity contribution < 1.29 is 9.53 Å². The number of carbonyl (C=O) groups excluding carboxylic acids is 1. The van der Waals surface area contributed by atoms with E-state index in [1.807, 2.05) is 18.2 Å². The first-order valence-electron chi connectivity index (χ1n) is 9.75. The number of amides is 1. The molecular formula is C21H26N4O2. The largest absolute Gasteiger partial charge is 0.381 e. The van der Waals surface area contributed by atoms with Crippen LogP contribution >= 0.6 is 0 Å². The summed E-state index contributed by atoms with van der Waals surface area (Å²) in [5, 5.41) is 6.26. The van der Waals surface area contributed by atoms with Gasteiger partial charge < -0.3 is 20.3 Å². The maximum atomic E-state index is 12.6. The number of pyridine rings is 1. The predicted octanol–water partition coefficient (Wildman–Crippen LogP) is 3.53. The number of ether oxygens (including phenoxy) is 1. The topological polar surface area (TPSA) is 66.5 Å². The van der Waals surface area contributed by atoms with E-state index in [0.29, 0.717) is 5.56 Å².